The Hall–Kier alpha value is -1.72. The number of rotatable bonds is 15. The average Bonchev–Trinajstić information content (AvgIpc) is 3.07. The molecule has 0 aliphatic heterocycles. The van der Waals surface area contributed by atoms with Crippen LogP contribution in [0.15, 0.2) is 36.4 Å². The first-order valence-electron chi connectivity index (χ1n) is 12.0. The first kappa shape index (κ1) is 24.9. The molecule has 0 spiro atoms. The van der Waals surface area contributed by atoms with E-state index >= 15 is 0 Å². The number of methoxy groups -OCH3 is 2. The highest BCUT2D eigenvalue weighted by Gasteiger charge is 2.42. The Balaban J connectivity index is 1.88. The molecule has 176 valence electrons. The Morgan fingerprint density at radius 3 is 1.81 bits per heavy atom. The van der Waals surface area contributed by atoms with E-state index in [2.05, 4.69) is 50.2 Å². The van der Waals surface area contributed by atoms with E-state index in [1.165, 1.54) is 33.4 Å². The van der Waals surface area contributed by atoms with Crippen molar-refractivity contribution in [2.75, 3.05) is 53.9 Å². The van der Waals surface area contributed by atoms with E-state index in [1.54, 1.807) is 14.2 Å². The van der Waals surface area contributed by atoms with Gasteiger partial charge in [-0.05, 0) is 66.8 Å². The molecule has 1 aliphatic carbocycles. The van der Waals surface area contributed by atoms with Gasteiger partial charge in [0.2, 0.25) is 0 Å². The van der Waals surface area contributed by atoms with Crippen molar-refractivity contribution < 1.29 is 18.9 Å². The number of hydrogen-bond donors (Lipinski definition) is 0. The van der Waals surface area contributed by atoms with Gasteiger partial charge in [-0.25, -0.2) is 0 Å². The van der Waals surface area contributed by atoms with Crippen molar-refractivity contribution in [3.8, 4) is 11.1 Å². The van der Waals surface area contributed by atoms with Gasteiger partial charge in [0, 0.05) is 32.8 Å². The van der Waals surface area contributed by atoms with Crippen LogP contribution in [0, 0.1) is 6.92 Å². The number of hydrogen-bond acceptors (Lipinski definition) is 4. The van der Waals surface area contributed by atoms with Crippen LogP contribution < -0.4 is 0 Å². The van der Waals surface area contributed by atoms with Crippen LogP contribution in [0.25, 0.3) is 11.1 Å². The van der Waals surface area contributed by atoms with Gasteiger partial charge in [0.15, 0.2) is 0 Å². The minimum atomic E-state index is 0.0110. The lowest BCUT2D eigenvalue weighted by Crippen LogP contribution is -2.27. The summed E-state index contributed by atoms with van der Waals surface area (Å²) in [5, 5.41) is 0. The zero-order chi connectivity index (χ0) is 22.8. The van der Waals surface area contributed by atoms with Crippen LogP contribution in [0.4, 0.5) is 0 Å². The third-order valence-corrected chi connectivity index (χ3v) is 6.64. The minimum absolute atomic E-state index is 0.0110. The average molecular weight is 441 g/mol. The molecule has 0 N–H and O–H groups in total. The molecule has 2 aromatic carbocycles. The maximum absolute atomic E-state index is 5.83. The van der Waals surface area contributed by atoms with E-state index in [0.717, 1.165) is 45.3 Å². The van der Waals surface area contributed by atoms with Gasteiger partial charge in [0.05, 0.1) is 26.4 Å². The normalized spacial score (nSPS) is 13.9. The molecule has 0 saturated carbocycles. The Bertz CT molecular complexity index is 829. The van der Waals surface area contributed by atoms with Crippen molar-refractivity contribution in [1.82, 2.24) is 0 Å². The molecule has 0 heterocycles. The summed E-state index contributed by atoms with van der Waals surface area (Å²) in [6.07, 6.45) is 5.26. The molecule has 4 heteroatoms. The molecular formula is C28H40O4. The van der Waals surface area contributed by atoms with Gasteiger partial charge in [-0.3, -0.25) is 0 Å². The molecule has 0 unspecified atom stereocenters. The smallest absolute Gasteiger partial charge is 0.0700 e. The Morgan fingerprint density at radius 1 is 0.688 bits per heavy atom. The van der Waals surface area contributed by atoms with Crippen LogP contribution in [0.2, 0.25) is 0 Å². The molecule has 0 radical (unpaired) electrons. The summed E-state index contributed by atoms with van der Waals surface area (Å²) >= 11 is 0. The monoisotopic (exact) mass is 440 g/mol. The maximum atomic E-state index is 5.83. The van der Waals surface area contributed by atoms with Gasteiger partial charge < -0.3 is 18.9 Å². The van der Waals surface area contributed by atoms with Crippen LogP contribution in [0.3, 0.4) is 0 Å². The van der Waals surface area contributed by atoms with E-state index in [4.69, 9.17) is 18.9 Å². The Kier molecular flexibility index (Phi) is 9.73. The second-order valence-electron chi connectivity index (χ2n) is 8.78. The third-order valence-electron chi connectivity index (χ3n) is 6.64. The summed E-state index contributed by atoms with van der Waals surface area (Å²) in [5.74, 6) is 0. The molecule has 0 aromatic heterocycles. The molecule has 0 fully saturated rings. The van der Waals surface area contributed by atoms with Crippen molar-refractivity contribution in [2.24, 2.45) is 0 Å². The predicted octanol–water partition coefficient (Wildman–Crippen LogP) is 5.71. The van der Waals surface area contributed by atoms with Gasteiger partial charge in [-0.1, -0.05) is 48.9 Å². The highest BCUT2D eigenvalue weighted by atomic mass is 16.5. The van der Waals surface area contributed by atoms with Crippen LogP contribution in [0.1, 0.15) is 54.9 Å². The van der Waals surface area contributed by atoms with E-state index < -0.39 is 0 Å². The SMILES string of the molecule is CCc1ccc2c(c1)C(CCCOCCOC)(CCCOCCOC)c1cc(C)ccc1-2. The van der Waals surface area contributed by atoms with Gasteiger partial charge >= 0.3 is 0 Å². The van der Waals surface area contributed by atoms with Crippen molar-refractivity contribution in [1.29, 1.82) is 0 Å². The lowest BCUT2D eigenvalue weighted by atomic mass is 9.71. The summed E-state index contributed by atoms with van der Waals surface area (Å²) in [6.45, 7) is 8.57. The lowest BCUT2D eigenvalue weighted by molar-refractivity contribution is 0.0629. The van der Waals surface area contributed by atoms with Crippen molar-refractivity contribution in [3.05, 3.63) is 58.7 Å². The maximum Gasteiger partial charge on any atom is 0.0700 e. The molecule has 3 rings (SSSR count). The molecule has 0 saturated heterocycles. The summed E-state index contributed by atoms with van der Waals surface area (Å²) in [5.41, 5.74) is 8.51. The summed E-state index contributed by atoms with van der Waals surface area (Å²) in [7, 11) is 3.43. The van der Waals surface area contributed by atoms with Crippen LogP contribution >= 0.6 is 0 Å². The van der Waals surface area contributed by atoms with Crippen molar-refractivity contribution in [3.63, 3.8) is 0 Å². The number of benzene rings is 2. The highest BCUT2D eigenvalue weighted by molar-refractivity contribution is 5.81. The lowest BCUT2D eigenvalue weighted by Gasteiger charge is -2.33. The molecule has 0 amide bonds. The highest BCUT2D eigenvalue weighted by Crippen LogP contribution is 2.54. The topological polar surface area (TPSA) is 36.9 Å². The van der Waals surface area contributed by atoms with Gasteiger partial charge in [-0.2, -0.15) is 0 Å². The Morgan fingerprint density at radius 2 is 1.25 bits per heavy atom. The fraction of sp³-hybridized carbons (Fsp3) is 0.571. The summed E-state index contributed by atoms with van der Waals surface area (Å²) < 4.78 is 21.9. The zero-order valence-electron chi connectivity index (χ0n) is 20.4. The Labute approximate surface area is 194 Å². The van der Waals surface area contributed by atoms with E-state index in [9.17, 15) is 0 Å². The molecule has 32 heavy (non-hydrogen) atoms. The fourth-order valence-electron chi connectivity index (χ4n) is 4.98. The van der Waals surface area contributed by atoms with Crippen molar-refractivity contribution >= 4 is 0 Å². The number of ether oxygens (including phenoxy) is 4. The second-order valence-corrected chi connectivity index (χ2v) is 8.78. The van der Waals surface area contributed by atoms with E-state index in [0.29, 0.717) is 26.4 Å². The van der Waals surface area contributed by atoms with Crippen LogP contribution in [-0.2, 0) is 30.8 Å². The van der Waals surface area contributed by atoms with Crippen molar-refractivity contribution in [2.45, 2.75) is 51.4 Å². The van der Waals surface area contributed by atoms with E-state index in [1.807, 2.05) is 0 Å². The quantitative estimate of drug-likeness (QED) is 0.332. The molecule has 0 bridgehead atoms. The number of fused-ring (bicyclic) bond motifs is 3. The standard InChI is InChI=1S/C28H40O4/c1-5-23-9-11-25-24-10-8-22(2)20-26(24)28(27(25)21-23,12-6-14-31-18-16-29-3)13-7-15-32-19-17-30-4/h8-11,20-21H,5-7,12-19H2,1-4H3. The largest absolute Gasteiger partial charge is 0.382 e. The third kappa shape index (κ3) is 5.79. The minimum Gasteiger partial charge on any atom is -0.382 e. The molecule has 0 atom stereocenters. The van der Waals surface area contributed by atoms with Gasteiger partial charge in [0.25, 0.3) is 0 Å². The zero-order valence-corrected chi connectivity index (χ0v) is 20.4. The van der Waals surface area contributed by atoms with Crippen LogP contribution in [-0.4, -0.2) is 53.9 Å². The summed E-state index contributed by atoms with van der Waals surface area (Å²) in [4.78, 5) is 0. The van der Waals surface area contributed by atoms with Gasteiger partial charge in [0.1, 0.15) is 0 Å². The van der Waals surface area contributed by atoms with Gasteiger partial charge in [-0.15, -0.1) is 0 Å². The molecule has 4 nitrogen and oxygen atoms in total. The predicted molar refractivity (Wildman–Crippen MR) is 131 cm³/mol. The molecular weight excluding hydrogens is 400 g/mol. The number of aryl methyl sites for hydroxylation is 2. The fourth-order valence-corrected chi connectivity index (χ4v) is 4.98. The first-order chi connectivity index (χ1) is 15.7. The summed E-state index contributed by atoms with van der Waals surface area (Å²) in [6, 6.07) is 14.1. The second kappa shape index (κ2) is 12.5. The first-order valence-corrected chi connectivity index (χ1v) is 12.0. The molecule has 1 aliphatic rings. The van der Waals surface area contributed by atoms with E-state index in [-0.39, 0.29) is 5.41 Å². The molecule has 2 aromatic rings. The van der Waals surface area contributed by atoms with Crippen LogP contribution in [0.5, 0.6) is 0 Å².